The van der Waals surface area contributed by atoms with Crippen LogP contribution in [0.2, 0.25) is 0 Å². The zero-order chi connectivity index (χ0) is 17.4. The van der Waals surface area contributed by atoms with Gasteiger partial charge in [-0.15, -0.1) is 0 Å². The number of nitrogens with zero attached hydrogens (tertiary/aromatic N) is 3. The van der Waals surface area contributed by atoms with E-state index in [9.17, 15) is 4.79 Å². The Bertz CT molecular complexity index is 794. The Kier molecular flexibility index (Phi) is 4.19. The van der Waals surface area contributed by atoms with Gasteiger partial charge in [-0.3, -0.25) is 4.79 Å². The van der Waals surface area contributed by atoms with Crippen molar-refractivity contribution in [3.8, 4) is 0 Å². The maximum absolute atomic E-state index is 11.9. The van der Waals surface area contributed by atoms with Crippen molar-refractivity contribution in [3.05, 3.63) is 30.7 Å². The largest absolute Gasteiger partial charge is 0.365 e. The Labute approximate surface area is 147 Å². The molecule has 0 radical (unpaired) electrons. The molecule has 132 valence electrons. The van der Waals surface area contributed by atoms with Gasteiger partial charge in [0.15, 0.2) is 0 Å². The van der Waals surface area contributed by atoms with Gasteiger partial charge in [0.05, 0.1) is 5.39 Å². The summed E-state index contributed by atoms with van der Waals surface area (Å²) in [6.45, 7) is 7.38. The molecule has 25 heavy (non-hydrogen) atoms. The summed E-state index contributed by atoms with van der Waals surface area (Å²) < 4.78 is 0. The van der Waals surface area contributed by atoms with E-state index in [1.165, 1.54) is 24.5 Å². The lowest BCUT2D eigenvalue weighted by atomic mass is 9.96. The van der Waals surface area contributed by atoms with Gasteiger partial charge in [-0.2, -0.15) is 0 Å². The average Bonchev–Trinajstić information content (AvgIpc) is 3.40. The van der Waals surface area contributed by atoms with Crippen molar-refractivity contribution in [3.63, 3.8) is 0 Å². The van der Waals surface area contributed by atoms with Gasteiger partial charge in [0.1, 0.15) is 17.8 Å². The number of nitrogens with one attached hydrogen (secondary N) is 2. The van der Waals surface area contributed by atoms with Crippen molar-refractivity contribution in [2.75, 3.05) is 18.4 Å². The van der Waals surface area contributed by atoms with E-state index in [1.807, 2.05) is 4.90 Å². The van der Waals surface area contributed by atoms with Crippen molar-refractivity contribution >= 4 is 22.8 Å². The molecule has 2 aliphatic rings. The predicted octanol–water partition coefficient (Wildman–Crippen LogP) is 3.06. The topological polar surface area (TPSA) is 73.9 Å². The van der Waals surface area contributed by atoms with Crippen molar-refractivity contribution in [1.29, 1.82) is 0 Å². The van der Waals surface area contributed by atoms with E-state index in [1.54, 1.807) is 6.33 Å². The number of aromatic amines is 1. The number of piperidine rings is 1. The Morgan fingerprint density at radius 3 is 3.04 bits per heavy atom. The first-order valence-corrected chi connectivity index (χ1v) is 9.17. The van der Waals surface area contributed by atoms with Crippen LogP contribution in [0.25, 0.3) is 11.0 Å². The fraction of sp³-hybridized carbons (Fsp3) is 0.526. The number of hydrogen-bond donors (Lipinski definition) is 2. The molecule has 1 saturated carbocycles. The Morgan fingerprint density at radius 1 is 1.44 bits per heavy atom. The molecule has 1 unspecified atom stereocenters. The molecule has 1 aliphatic carbocycles. The summed E-state index contributed by atoms with van der Waals surface area (Å²) in [5.41, 5.74) is 2.19. The van der Waals surface area contributed by atoms with Gasteiger partial charge in [-0.1, -0.05) is 13.5 Å². The molecule has 1 amide bonds. The summed E-state index contributed by atoms with van der Waals surface area (Å²) >= 11 is 0. The van der Waals surface area contributed by atoms with Crippen molar-refractivity contribution in [2.45, 2.75) is 44.6 Å². The summed E-state index contributed by atoms with van der Waals surface area (Å²) in [6.07, 6.45) is 9.72. The van der Waals surface area contributed by atoms with E-state index >= 15 is 0 Å². The predicted molar refractivity (Wildman–Crippen MR) is 98.4 cm³/mol. The lowest BCUT2D eigenvalue weighted by Gasteiger charge is -2.33. The van der Waals surface area contributed by atoms with Gasteiger partial charge in [0, 0.05) is 25.3 Å². The quantitative estimate of drug-likeness (QED) is 0.821. The number of rotatable bonds is 5. The average molecular weight is 339 g/mol. The molecule has 6 heteroatoms. The number of likely N-dealkylation sites (tertiary alicyclic amines) is 1. The minimum atomic E-state index is 0.00373. The molecule has 0 spiro atoms. The molecule has 2 fully saturated rings. The van der Waals surface area contributed by atoms with Gasteiger partial charge in [0.2, 0.25) is 5.91 Å². The third-order valence-corrected chi connectivity index (χ3v) is 5.57. The highest BCUT2D eigenvalue weighted by Gasteiger charge is 2.31. The normalized spacial score (nSPS) is 22.0. The first kappa shape index (κ1) is 16.1. The van der Waals surface area contributed by atoms with E-state index < -0.39 is 0 Å². The summed E-state index contributed by atoms with van der Waals surface area (Å²) in [5.74, 6) is 2.18. The molecular weight excluding hydrogens is 314 g/mol. The molecular formula is C19H25N5O. The molecule has 4 rings (SSSR count). The number of anilines is 1. The number of H-pyrrole nitrogens is 1. The number of amides is 1. The molecule has 0 bridgehead atoms. The molecule has 2 atom stereocenters. The summed E-state index contributed by atoms with van der Waals surface area (Å²) in [7, 11) is 0. The van der Waals surface area contributed by atoms with Crippen LogP contribution in [0.1, 0.15) is 44.1 Å². The maximum atomic E-state index is 11.9. The van der Waals surface area contributed by atoms with E-state index in [2.05, 4.69) is 40.0 Å². The number of carbonyl (C=O) groups excluding carboxylic acids is 1. The third kappa shape index (κ3) is 3.13. The van der Waals surface area contributed by atoms with Crippen molar-refractivity contribution < 1.29 is 4.79 Å². The molecule has 3 heterocycles. The lowest BCUT2D eigenvalue weighted by Crippen LogP contribution is -2.44. The van der Waals surface area contributed by atoms with E-state index in [0.717, 1.165) is 42.2 Å². The summed E-state index contributed by atoms with van der Waals surface area (Å²) in [5, 5.41) is 4.68. The number of carbonyl (C=O) groups is 1. The van der Waals surface area contributed by atoms with Crippen molar-refractivity contribution in [1.82, 2.24) is 19.9 Å². The number of hydrogen-bond acceptors (Lipinski definition) is 4. The second-order valence-corrected chi connectivity index (χ2v) is 7.29. The Hall–Kier alpha value is -2.37. The van der Waals surface area contributed by atoms with Gasteiger partial charge in [0.25, 0.3) is 0 Å². The zero-order valence-electron chi connectivity index (χ0n) is 14.7. The third-order valence-electron chi connectivity index (χ3n) is 5.57. The second kappa shape index (κ2) is 6.50. The first-order chi connectivity index (χ1) is 12.2. The highest BCUT2D eigenvalue weighted by Crippen LogP contribution is 2.44. The van der Waals surface area contributed by atoms with Crippen molar-refractivity contribution in [2.24, 2.45) is 5.92 Å². The monoisotopic (exact) mass is 339 g/mol. The van der Waals surface area contributed by atoms with Crippen LogP contribution >= 0.6 is 0 Å². The van der Waals surface area contributed by atoms with E-state index in [4.69, 9.17) is 0 Å². The fourth-order valence-electron chi connectivity index (χ4n) is 3.92. The molecule has 6 nitrogen and oxygen atoms in total. The zero-order valence-corrected chi connectivity index (χ0v) is 14.7. The Balaban J connectivity index is 1.59. The van der Waals surface area contributed by atoms with Crippen LogP contribution in [0.5, 0.6) is 0 Å². The SMILES string of the molecule is C=CC(=O)N1CCC[C@@H](Nc2ncnc3[nH]cc(C(C)C4CC4)c23)C1. The van der Waals surface area contributed by atoms with Crippen LogP contribution in [-0.4, -0.2) is 44.9 Å². The molecule has 1 aliphatic heterocycles. The maximum Gasteiger partial charge on any atom is 0.246 e. The molecule has 2 aromatic heterocycles. The van der Waals surface area contributed by atoms with Crippen LogP contribution < -0.4 is 5.32 Å². The number of aromatic nitrogens is 3. The summed E-state index contributed by atoms with van der Waals surface area (Å²) in [6, 6.07) is 0.203. The smallest absolute Gasteiger partial charge is 0.246 e. The van der Waals surface area contributed by atoms with Gasteiger partial charge < -0.3 is 15.2 Å². The van der Waals surface area contributed by atoms with Crippen LogP contribution in [-0.2, 0) is 4.79 Å². The van der Waals surface area contributed by atoms with E-state index in [-0.39, 0.29) is 11.9 Å². The lowest BCUT2D eigenvalue weighted by molar-refractivity contribution is -0.127. The van der Waals surface area contributed by atoms with Crippen LogP contribution in [0.15, 0.2) is 25.2 Å². The van der Waals surface area contributed by atoms with E-state index in [0.29, 0.717) is 12.5 Å². The molecule has 2 N–H and O–H groups in total. The highest BCUT2D eigenvalue weighted by atomic mass is 16.2. The van der Waals surface area contributed by atoms with Crippen LogP contribution in [0, 0.1) is 5.92 Å². The Morgan fingerprint density at radius 2 is 2.28 bits per heavy atom. The minimum Gasteiger partial charge on any atom is -0.365 e. The summed E-state index contributed by atoms with van der Waals surface area (Å²) in [4.78, 5) is 26.0. The number of fused-ring (bicyclic) bond motifs is 1. The second-order valence-electron chi connectivity index (χ2n) is 7.29. The van der Waals surface area contributed by atoms with Crippen LogP contribution in [0.4, 0.5) is 5.82 Å². The molecule has 0 aromatic carbocycles. The molecule has 1 saturated heterocycles. The highest BCUT2D eigenvalue weighted by molar-refractivity contribution is 5.91. The van der Waals surface area contributed by atoms with Gasteiger partial charge in [-0.25, -0.2) is 9.97 Å². The first-order valence-electron chi connectivity index (χ1n) is 9.17. The van der Waals surface area contributed by atoms with Gasteiger partial charge in [-0.05, 0) is 49.2 Å². The van der Waals surface area contributed by atoms with Gasteiger partial charge >= 0.3 is 0 Å². The molecule has 2 aromatic rings. The standard InChI is InChI=1S/C19H25N5O/c1-3-16(25)24-8-4-5-14(10-24)23-19-17-15(12(2)13-6-7-13)9-20-18(17)21-11-22-19/h3,9,11-14H,1,4-8,10H2,2H3,(H2,20,21,22,23)/t12?,14-/m1/s1. The van der Waals surface area contributed by atoms with Crippen LogP contribution in [0.3, 0.4) is 0 Å². The minimum absolute atomic E-state index is 0.00373. The fourth-order valence-corrected chi connectivity index (χ4v) is 3.92.